The standard InChI is InChI=1S/C10H10BrNO3/c11-6-8(10(14)15)12-9(13)7-4-2-1-3-5-7/h1-5,8H,6H2,(H,12,13)(H,14,15)/t8-/m1/s1. The van der Waals surface area contributed by atoms with Crippen molar-refractivity contribution in [3.63, 3.8) is 0 Å². The molecule has 15 heavy (non-hydrogen) atoms. The molecule has 0 aromatic heterocycles. The topological polar surface area (TPSA) is 66.4 Å². The van der Waals surface area contributed by atoms with Crippen LogP contribution in [0.4, 0.5) is 0 Å². The molecule has 0 saturated heterocycles. The smallest absolute Gasteiger partial charge is 0.327 e. The van der Waals surface area contributed by atoms with Gasteiger partial charge in [0.25, 0.3) is 5.91 Å². The first-order valence-corrected chi connectivity index (χ1v) is 5.42. The average molecular weight is 272 g/mol. The maximum absolute atomic E-state index is 11.5. The van der Waals surface area contributed by atoms with E-state index in [1.54, 1.807) is 30.3 Å². The Morgan fingerprint density at radius 3 is 2.40 bits per heavy atom. The largest absolute Gasteiger partial charge is 0.480 e. The number of carboxylic acid groups (broad SMARTS) is 1. The van der Waals surface area contributed by atoms with E-state index >= 15 is 0 Å². The Morgan fingerprint density at radius 1 is 1.33 bits per heavy atom. The molecule has 1 aromatic rings. The molecule has 0 radical (unpaired) electrons. The number of hydrogen-bond donors (Lipinski definition) is 2. The number of aliphatic carboxylic acids is 1. The van der Waals surface area contributed by atoms with Gasteiger partial charge in [-0.1, -0.05) is 34.1 Å². The molecule has 1 aromatic carbocycles. The number of benzene rings is 1. The van der Waals surface area contributed by atoms with Gasteiger partial charge in [-0.15, -0.1) is 0 Å². The van der Waals surface area contributed by atoms with Crippen molar-refractivity contribution < 1.29 is 14.7 Å². The highest BCUT2D eigenvalue weighted by Gasteiger charge is 2.18. The van der Waals surface area contributed by atoms with E-state index in [9.17, 15) is 9.59 Å². The third-order valence-electron chi connectivity index (χ3n) is 1.79. The van der Waals surface area contributed by atoms with Crippen LogP contribution in [0.15, 0.2) is 30.3 Å². The average Bonchev–Trinajstić information content (AvgIpc) is 2.26. The van der Waals surface area contributed by atoms with Gasteiger partial charge in [-0.2, -0.15) is 0 Å². The van der Waals surface area contributed by atoms with Crippen molar-refractivity contribution in [2.45, 2.75) is 6.04 Å². The van der Waals surface area contributed by atoms with Crippen molar-refractivity contribution in [1.82, 2.24) is 5.32 Å². The van der Waals surface area contributed by atoms with Gasteiger partial charge in [0, 0.05) is 10.9 Å². The minimum absolute atomic E-state index is 0.181. The van der Waals surface area contributed by atoms with Crippen LogP contribution in [-0.4, -0.2) is 28.4 Å². The highest BCUT2D eigenvalue weighted by atomic mass is 79.9. The van der Waals surface area contributed by atoms with Crippen LogP contribution in [0, 0.1) is 0 Å². The van der Waals surface area contributed by atoms with E-state index in [2.05, 4.69) is 21.2 Å². The quantitative estimate of drug-likeness (QED) is 0.811. The van der Waals surface area contributed by atoms with Gasteiger partial charge in [0.05, 0.1) is 0 Å². The first kappa shape index (κ1) is 11.7. The number of rotatable bonds is 4. The molecule has 4 nitrogen and oxygen atoms in total. The minimum atomic E-state index is -1.06. The van der Waals surface area contributed by atoms with Crippen molar-refractivity contribution in [3.05, 3.63) is 35.9 Å². The Kier molecular flexibility index (Phi) is 4.30. The molecule has 80 valence electrons. The summed E-state index contributed by atoms with van der Waals surface area (Å²) in [5.41, 5.74) is 0.449. The molecule has 0 bridgehead atoms. The Balaban J connectivity index is 2.67. The van der Waals surface area contributed by atoms with E-state index in [4.69, 9.17) is 5.11 Å². The summed E-state index contributed by atoms with van der Waals surface area (Å²) in [6, 6.07) is 7.58. The summed E-state index contributed by atoms with van der Waals surface area (Å²) in [6.07, 6.45) is 0. The number of nitrogens with one attached hydrogen (secondary N) is 1. The van der Waals surface area contributed by atoms with Gasteiger partial charge in [-0.25, -0.2) is 4.79 Å². The summed E-state index contributed by atoms with van der Waals surface area (Å²) in [5, 5.41) is 11.3. The Bertz CT molecular complexity index is 353. The minimum Gasteiger partial charge on any atom is -0.480 e. The van der Waals surface area contributed by atoms with Crippen LogP contribution in [0.5, 0.6) is 0 Å². The number of amides is 1. The van der Waals surface area contributed by atoms with Crippen LogP contribution in [0.3, 0.4) is 0 Å². The second-order valence-corrected chi connectivity index (χ2v) is 3.53. The predicted octanol–water partition coefficient (Wildman–Crippen LogP) is 1.26. The summed E-state index contributed by atoms with van der Waals surface area (Å²) in [6.45, 7) is 0. The van der Waals surface area contributed by atoms with E-state index in [0.717, 1.165) is 0 Å². The molecule has 1 rings (SSSR count). The number of hydrogen-bond acceptors (Lipinski definition) is 2. The van der Waals surface area contributed by atoms with E-state index < -0.39 is 12.0 Å². The van der Waals surface area contributed by atoms with Crippen LogP contribution >= 0.6 is 15.9 Å². The molecule has 1 atom stereocenters. The molecule has 0 heterocycles. The summed E-state index contributed by atoms with van der Waals surface area (Å²) in [4.78, 5) is 22.2. The van der Waals surface area contributed by atoms with Crippen molar-refractivity contribution in [1.29, 1.82) is 0 Å². The molecule has 2 N–H and O–H groups in total. The third-order valence-corrected chi connectivity index (χ3v) is 2.44. The molecule has 0 aliphatic rings. The fraction of sp³-hybridized carbons (Fsp3) is 0.200. The molecule has 0 unspecified atom stereocenters. The third kappa shape index (κ3) is 3.36. The van der Waals surface area contributed by atoms with Gasteiger partial charge in [-0.05, 0) is 12.1 Å². The fourth-order valence-corrected chi connectivity index (χ4v) is 1.44. The highest BCUT2D eigenvalue weighted by molar-refractivity contribution is 9.09. The molecule has 5 heteroatoms. The molecular weight excluding hydrogens is 262 g/mol. The van der Waals surface area contributed by atoms with Crippen LogP contribution < -0.4 is 5.32 Å². The van der Waals surface area contributed by atoms with Gasteiger partial charge in [0.2, 0.25) is 0 Å². The van der Waals surface area contributed by atoms with Crippen molar-refractivity contribution in [2.75, 3.05) is 5.33 Å². The molecule has 0 aliphatic heterocycles. The van der Waals surface area contributed by atoms with Crippen LogP contribution in [0.25, 0.3) is 0 Å². The maximum Gasteiger partial charge on any atom is 0.327 e. The lowest BCUT2D eigenvalue weighted by molar-refractivity contribution is -0.138. The fourth-order valence-electron chi connectivity index (χ4n) is 0.997. The Morgan fingerprint density at radius 2 is 1.93 bits per heavy atom. The monoisotopic (exact) mass is 271 g/mol. The normalized spacial score (nSPS) is 11.8. The van der Waals surface area contributed by atoms with E-state index in [1.807, 2.05) is 0 Å². The summed E-state index contributed by atoms with van der Waals surface area (Å²) in [7, 11) is 0. The Labute approximate surface area is 95.4 Å². The summed E-state index contributed by atoms with van der Waals surface area (Å²) >= 11 is 3.02. The zero-order valence-electron chi connectivity index (χ0n) is 7.81. The number of alkyl halides is 1. The van der Waals surface area contributed by atoms with Gasteiger partial charge in [-0.3, -0.25) is 4.79 Å². The highest BCUT2D eigenvalue weighted by Crippen LogP contribution is 2.00. The molecular formula is C10H10BrNO3. The second kappa shape index (κ2) is 5.50. The molecule has 0 aliphatic carbocycles. The van der Waals surface area contributed by atoms with E-state index in [1.165, 1.54) is 0 Å². The summed E-state index contributed by atoms with van der Waals surface area (Å²) in [5.74, 6) is -1.45. The number of carbonyl (C=O) groups excluding carboxylic acids is 1. The van der Waals surface area contributed by atoms with Crippen molar-refractivity contribution >= 4 is 27.8 Å². The lowest BCUT2D eigenvalue weighted by Gasteiger charge is -2.11. The maximum atomic E-state index is 11.5. The zero-order chi connectivity index (χ0) is 11.3. The molecule has 0 spiro atoms. The summed E-state index contributed by atoms with van der Waals surface area (Å²) < 4.78 is 0. The van der Waals surface area contributed by atoms with Crippen LogP contribution in [0.1, 0.15) is 10.4 Å². The SMILES string of the molecule is O=C(N[C@H](CBr)C(=O)O)c1ccccc1. The molecule has 1 amide bonds. The molecule has 0 fully saturated rings. The lowest BCUT2D eigenvalue weighted by atomic mass is 10.2. The number of carbonyl (C=O) groups is 2. The number of halogens is 1. The van der Waals surface area contributed by atoms with Gasteiger partial charge < -0.3 is 10.4 Å². The zero-order valence-corrected chi connectivity index (χ0v) is 9.40. The molecule has 0 saturated carbocycles. The van der Waals surface area contributed by atoms with Gasteiger partial charge in [0.1, 0.15) is 6.04 Å². The van der Waals surface area contributed by atoms with Crippen molar-refractivity contribution in [2.24, 2.45) is 0 Å². The first-order valence-electron chi connectivity index (χ1n) is 4.30. The van der Waals surface area contributed by atoms with Crippen LogP contribution in [-0.2, 0) is 4.79 Å². The van der Waals surface area contributed by atoms with E-state index in [0.29, 0.717) is 5.56 Å². The predicted molar refractivity (Wildman–Crippen MR) is 59.1 cm³/mol. The number of carboxylic acids is 1. The Hall–Kier alpha value is -1.36. The second-order valence-electron chi connectivity index (χ2n) is 2.88. The lowest BCUT2D eigenvalue weighted by Crippen LogP contribution is -2.41. The van der Waals surface area contributed by atoms with Gasteiger partial charge in [0.15, 0.2) is 0 Å². The van der Waals surface area contributed by atoms with Crippen LogP contribution in [0.2, 0.25) is 0 Å². The van der Waals surface area contributed by atoms with Crippen molar-refractivity contribution in [3.8, 4) is 0 Å². The van der Waals surface area contributed by atoms with E-state index in [-0.39, 0.29) is 11.2 Å². The van der Waals surface area contributed by atoms with Gasteiger partial charge >= 0.3 is 5.97 Å². The first-order chi connectivity index (χ1) is 7.15.